The standard InChI is InChI=1S/C11H17N3S/c1-4-10-14-9(6-15-10)5-13-8-11(2,3)7-12/h6,13H,4-5,8H2,1-3H3. The summed E-state index contributed by atoms with van der Waals surface area (Å²) in [4.78, 5) is 4.45. The van der Waals surface area contributed by atoms with Gasteiger partial charge in [0.15, 0.2) is 0 Å². The van der Waals surface area contributed by atoms with Gasteiger partial charge in [-0.3, -0.25) is 0 Å². The van der Waals surface area contributed by atoms with Gasteiger partial charge in [-0.05, 0) is 20.3 Å². The van der Waals surface area contributed by atoms with Gasteiger partial charge >= 0.3 is 0 Å². The van der Waals surface area contributed by atoms with Crippen LogP contribution in [0.4, 0.5) is 0 Å². The summed E-state index contributed by atoms with van der Waals surface area (Å²) in [5.74, 6) is 0. The summed E-state index contributed by atoms with van der Waals surface area (Å²) in [6, 6.07) is 2.26. The van der Waals surface area contributed by atoms with Gasteiger partial charge in [0.05, 0.1) is 22.2 Å². The SMILES string of the molecule is CCc1nc(CNCC(C)(C)C#N)cs1. The largest absolute Gasteiger partial charge is 0.310 e. The summed E-state index contributed by atoms with van der Waals surface area (Å²) in [7, 11) is 0. The minimum absolute atomic E-state index is 0.302. The van der Waals surface area contributed by atoms with Crippen LogP contribution in [0.2, 0.25) is 0 Å². The van der Waals surface area contributed by atoms with Gasteiger partial charge in [0, 0.05) is 18.5 Å². The predicted molar refractivity (Wildman–Crippen MR) is 62.6 cm³/mol. The van der Waals surface area contributed by atoms with Crippen LogP contribution < -0.4 is 5.32 Å². The number of thiazole rings is 1. The van der Waals surface area contributed by atoms with Crippen molar-refractivity contribution in [2.75, 3.05) is 6.54 Å². The molecule has 1 aromatic heterocycles. The third-order valence-electron chi connectivity index (χ3n) is 2.08. The Kier molecular flexibility index (Phi) is 4.25. The Hall–Kier alpha value is -0.920. The first-order valence-corrected chi connectivity index (χ1v) is 6.00. The van der Waals surface area contributed by atoms with Crippen molar-refractivity contribution in [3.63, 3.8) is 0 Å². The smallest absolute Gasteiger partial charge is 0.0926 e. The fourth-order valence-corrected chi connectivity index (χ4v) is 1.88. The van der Waals surface area contributed by atoms with Gasteiger partial charge in [0.1, 0.15) is 0 Å². The molecule has 0 saturated heterocycles. The average Bonchev–Trinajstić information content (AvgIpc) is 2.66. The van der Waals surface area contributed by atoms with Crippen LogP contribution in [0.5, 0.6) is 0 Å². The molecule has 0 aromatic carbocycles. The third kappa shape index (κ3) is 3.98. The Bertz CT molecular complexity index is 349. The molecule has 0 amide bonds. The molecule has 0 radical (unpaired) electrons. The first kappa shape index (κ1) is 12.2. The number of nitriles is 1. The van der Waals surface area contributed by atoms with Crippen LogP contribution in [0.1, 0.15) is 31.5 Å². The Balaban J connectivity index is 2.35. The zero-order valence-electron chi connectivity index (χ0n) is 9.50. The topological polar surface area (TPSA) is 48.7 Å². The molecule has 1 rings (SSSR count). The van der Waals surface area contributed by atoms with Crippen molar-refractivity contribution < 1.29 is 0 Å². The lowest BCUT2D eigenvalue weighted by Gasteiger charge is -2.14. The van der Waals surface area contributed by atoms with Gasteiger partial charge in [-0.1, -0.05) is 6.92 Å². The van der Waals surface area contributed by atoms with E-state index in [9.17, 15) is 0 Å². The Morgan fingerprint density at radius 2 is 2.33 bits per heavy atom. The Labute approximate surface area is 95.2 Å². The molecule has 0 atom stereocenters. The van der Waals surface area contributed by atoms with Crippen molar-refractivity contribution >= 4 is 11.3 Å². The Morgan fingerprint density at radius 3 is 2.87 bits per heavy atom. The third-order valence-corrected chi connectivity index (χ3v) is 3.12. The van der Waals surface area contributed by atoms with Crippen molar-refractivity contribution in [3.8, 4) is 6.07 Å². The molecule has 0 saturated carbocycles. The van der Waals surface area contributed by atoms with Crippen molar-refractivity contribution in [2.24, 2.45) is 5.41 Å². The van der Waals surface area contributed by atoms with E-state index in [2.05, 4.69) is 28.7 Å². The molecule has 1 N–H and O–H groups in total. The lowest BCUT2D eigenvalue weighted by molar-refractivity contribution is 0.443. The van der Waals surface area contributed by atoms with Crippen molar-refractivity contribution in [1.29, 1.82) is 5.26 Å². The molecule has 82 valence electrons. The molecule has 4 heteroatoms. The minimum atomic E-state index is -0.302. The van der Waals surface area contributed by atoms with E-state index in [0.29, 0.717) is 6.54 Å². The van der Waals surface area contributed by atoms with Gasteiger partial charge in [-0.25, -0.2) is 4.98 Å². The number of rotatable bonds is 5. The molecule has 0 unspecified atom stereocenters. The van der Waals surface area contributed by atoms with Crippen LogP contribution in [0.15, 0.2) is 5.38 Å². The van der Waals surface area contributed by atoms with Gasteiger partial charge in [0.25, 0.3) is 0 Å². The van der Waals surface area contributed by atoms with Gasteiger partial charge < -0.3 is 5.32 Å². The molecule has 0 bridgehead atoms. The van der Waals surface area contributed by atoms with Gasteiger partial charge in [-0.2, -0.15) is 5.26 Å². The van der Waals surface area contributed by atoms with Crippen LogP contribution in [0, 0.1) is 16.7 Å². The van der Waals surface area contributed by atoms with Crippen LogP contribution in [0.3, 0.4) is 0 Å². The molecule has 0 aliphatic carbocycles. The summed E-state index contributed by atoms with van der Waals surface area (Å²) < 4.78 is 0. The van der Waals surface area contributed by atoms with Crippen molar-refractivity contribution in [2.45, 2.75) is 33.7 Å². The number of hydrogen-bond acceptors (Lipinski definition) is 4. The van der Waals surface area contributed by atoms with Crippen LogP contribution in [-0.2, 0) is 13.0 Å². The van der Waals surface area contributed by atoms with Crippen LogP contribution >= 0.6 is 11.3 Å². The van der Waals surface area contributed by atoms with Crippen LogP contribution in [-0.4, -0.2) is 11.5 Å². The number of nitrogens with zero attached hydrogens (tertiary/aromatic N) is 2. The average molecular weight is 223 g/mol. The summed E-state index contributed by atoms with van der Waals surface area (Å²) in [6.45, 7) is 7.41. The number of hydrogen-bond donors (Lipinski definition) is 1. The van der Waals surface area contributed by atoms with Crippen molar-refractivity contribution in [3.05, 3.63) is 16.1 Å². The lowest BCUT2D eigenvalue weighted by atomic mass is 9.96. The normalized spacial score (nSPS) is 11.3. The van der Waals surface area contributed by atoms with E-state index in [-0.39, 0.29) is 5.41 Å². The fraction of sp³-hybridized carbons (Fsp3) is 0.636. The number of nitrogens with one attached hydrogen (secondary N) is 1. The highest BCUT2D eigenvalue weighted by atomic mass is 32.1. The van der Waals surface area contributed by atoms with Crippen molar-refractivity contribution in [1.82, 2.24) is 10.3 Å². The molecule has 15 heavy (non-hydrogen) atoms. The van der Waals surface area contributed by atoms with Gasteiger partial charge in [-0.15, -0.1) is 11.3 Å². The second kappa shape index (κ2) is 5.24. The maximum absolute atomic E-state index is 8.83. The highest BCUT2D eigenvalue weighted by Gasteiger charge is 2.15. The first-order chi connectivity index (χ1) is 7.07. The maximum atomic E-state index is 8.83. The first-order valence-electron chi connectivity index (χ1n) is 5.12. The number of aryl methyl sites for hydroxylation is 1. The highest BCUT2D eigenvalue weighted by molar-refractivity contribution is 7.09. The number of aromatic nitrogens is 1. The zero-order chi connectivity index (χ0) is 11.3. The molecule has 0 spiro atoms. The highest BCUT2D eigenvalue weighted by Crippen LogP contribution is 2.12. The monoisotopic (exact) mass is 223 g/mol. The Morgan fingerprint density at radius 1 is 1.60 bits per heavy atom. The zero-order valence-corrected chi connectivity index (χ0v) is 10.3. The molecule has 1 aromatic rings. The fourth-order valence-electron chi connectivity index (χ4n) is 1.14. The lowest BCUT2D eigenvalue weighted by Crippen LogP contribution is -2.27. The van der Waals surface area contributed by atoms with E-state index in [0.717, 1.165) is 18.7 Å². The van der Waals surface area contributed by atoms with E-state index in [4.69, 9.17) is 5.26 Å². The maximum Gasteiger partial charge on any atom is 0.0926 e. The predicted octanol–water partition coefficient (Wildman–Crippen LogP) is 2.34. The van der Waals surface area contributed by atoms with E-state index in [1.165, 1.54) is 5.01 Å². The molecular formula is C11H17N3S. The summed E-state index contributed by atoms with van der Waals surface area (Å²) in [5, 5.41) is 15.3. The van der Waals surface area contributed by atoms with E-state index >= 15 is 0 Å². The quantitative estimate of drug-likeness (QED) is 0.833. The molecule has 1 heterocycles. The van der Waals surface area contributed by atoms with Crippen LogP contribution in [0.25, 0.3) is 0 Å². The van der Waals surface area contributed by atoms with E-state index in [1.54, 1.807) is 11.3 Å². The summed E-state index contributed by atoms with van der Waals surface area (Å²) in [5.41, 5.74) is 0.773. The molecule has 3 nitrogen and oxygen atoms in total. The summed E-state index contributed by atoms with van der Waals surface area (Å²) >= 11 is 1.70. The second-order valence-corrected chi connectivity index (χ2v) is 5.13. The second-order valence-electron chi connectivity index (χ2n) is 4.19. The molecular weight excluding hydrogens is 206 g/mol. The molecule has 0 aliphatic heterocycles. The van der Waals surface area contributed by atoms with E-state index in [1.807, 2.05) is 13.8 Å². The minimum Gasteiger partial charge on any atom is -0.310 e. The van der Waals surface area contributed by atoms with E-state index < -0.39 is 0 Å². The van der Waals surface area contributed by atoms with Gasteiger partial charge in [0.2, 0.25) is 0 Å². The molecule has 0 aliphatic rings. The summed E-state index contributed by atoms with van der Waals surface area (Å²) in [6.07, 6.45) is 0.994. The molecule has 0 fully saturated rings.